The van der Waals surface area contributed by atoms with Gasteiger partial charge < -0.3 is 14.7 Å². The van der Waals surface area contributed by atoms with Gasteiger partial charge in [0.05, 0.1) is 6.26 Å². The van der Waals surface area contributed by atoms with Gasteiger partial charge in [-0.15, -0.1) is 0 Å². The summed E-state index contributed by atoms with van der Waals surface area (Å²) in [5, 5.41) is 16.3. The molecule has 0 atom stereocenters. The van der Waals surface area contributed by atoms with E-state index in [1.54, 1.807) is 0 Å². The maximum atomic E-state index is 8.17. The summed E-state index contributed by atoms with van der Waals surface area (Å²) >= 11 is 0. The summed E-state index contributed by atoms with van der Waals surface area (Å²) in [6.07, 6.45) is 5.56. The Balaban J connectivity index is 2.01. The van der Waals surface area contributed by atoms with E-state index in [1.165, 1.54) is 19.1 Å². The Kier molecular flexibility index (Phi) is 2.13. The summed E-state index contributed by atoms with van der Waals surface area (Å²) in [5.41, 5.74) is 0. The molecular formula is C5H9BO3. The molecule has 2 N–H and O–H groups in total. The van der Waals surface area contributed by atoms with E-state index in [-0.39, 0.29) is 0 Å². The van der Waals surface area contributed by atoms with Crippen LogP contribution < -0.4 is 0 Å². The van der Waals surface area contributed by atoms with Crippen molar-refractivity contribution in [2.45, 2.75) is 12.8 Å². The standard InChI is InChI=1S/C5H9BO3/c7-6(8)9-4-3-5-1-2-5/h3-5,7-8H,1-2H2. The molecule has 1 rings (SSSR count). The number of hydrogen-bond donors (Lipinski definition) is 2. The Morgan fingerprint density at radius 3 is 2.56 bits per heavy atom. The van der Waals surface area contributed by atoms with E-state index in [0.717, 1.165) is 0 Å². The second-order valence-electron chi connectivity index (χ2n) is 2.13. The van der Waals surface area contributed by atoms with Gasteiger partial charge in [-0.25, -0.2) is 0 Å². The van der Waals surface area contributed by atoms with Crippen molar-refractivity contribution >= 4 is 7.32 Å². The first kappa shape index (κ1) is 6.64. The summed E-state index contributed by atoms with van der Waals surface area (Å²) in [5.74, 6) is 0.615. The zero-order valence-electron chi connectivity index (χ0n) is 5.03. The molecule has 0 spiro atoms. The Bertz CT molecular complexity index is 109. The minimum absolute atomic E-state index is 0.615. The lowest BCUT2D eigenvalue weighted by Gasteiger charge is -1.93. The van der Waals surface area contributed by atoms with Crippen molar-refractivity contribution < 1.29 is 14.7 Å². The maximum Gasteiger partial charge on any atom is 0.707 e. The lowest BCUT2D eigenvalue weighted by molar-refractivity contribution is 0.256. The van der Waals surface area contributed by atoms with E-state index in [4.69, 9.17) is 10.0 Å². The second kappa shape index (κ2) is 2.89. The van der Waals surface area contributed by atoms with Gasteiger partial charge in [-0.2, -0.15) is 0 Å². The van der Waals surface area contributed by atoms with Crippen LogP contribution in [0.15, 0.2) is 12.3 Å². The van der Waals surface area contributed by atoms with Crippen molar-refractivity contribution in [3.8, 4) is 0 Å². The average Bonchev–Trinajstić information content (AvgIpc) is 2.48. The third kappa shape index (κ3) is 3.16. The van der Waals surface area contributed by atoms with Crippen LogP contribution in [0.3, 0.4) is 0 Å². The minimum Gasteiger partial charge on any atom is -0.519 e. The molecule has 9 heavy (non-hydrogen) atoms. The highest BCUT2D eigenvalue weighted by atomic mass is 16.6. The topological polar surface area (TPSA) is 49.7 Å². The molecule has 1 aliphatic rings. The van der Waals surface area contributed by atoms with Crippen LogP contribution in [0.25, 0.3) is 0 Å². The van der Waals surface area contributed by atoms with Gasteiger partial charge in [0.25, 0.3) is 0 Å². The quantitative estimate of drug-likeness (QED) is 0.412. The third-order valence-corrected chi connectivity index (χ3v) is 1.17. The summed E-state index contributed by atoms with van der Waals surface area (Å²) in [6, 6.07) is 0. The highest BCUT2D eigenvalue weighted by molar-refractivity contribution is 6.32. The molecule has 0 aliphatic heterocycles. The van der Waals surface area contributed by atoms with Gasteiger partial charge in [-0.3, -0.25) is 0 Å². The van der Waals surface area contributed by atoms with Crippen molar-refractivity contribution in [3.05, 3.63) is 12.3 Å². The Labute approximate surface area is 54.1 Å². The predicted molar refractivity (Wildman–Crippen MR) is 33.1 cm³/mol. The summed E-state index contributed by atoms with van der Waals surface area (Å²) in [4.78, 5) is 0. The third-order valence-electron chi connectivity index (χ3n) is 1.17. The van der Waals surface area contributed by atoms with Crippen LogP contribution in [0.1, 0.15) is 12.8 Å². The van der Waals surface area contributed by atoms with Crippen molar-refractivity contribution in [2.75, 3.05) is 0 Å². The van der Waals surface area contributed by atoms with Crippen molar-refractivity contribution in [1.29, 1.82) is 0 Å². The normalized spacial score (nSPS) is 18.4. The molecule has 0 saturated heterocycles. The fourth-order valence-corrected chi connectivity index (χ4v) is 0.515. The van der Waals surface area contributed by atoms with E-state index < -0.39 is 7.32 Å². The van der Waals surface area contributed by atoms with Gasteiger partial charge in [0.1, 0.15) is 0 Å². The smallest absolute Gasteiger partial charge is 0.519 e. The molecule has 0 aromatic carbocycles. The van der Waals surface area contributed by atoms with Crippen LogP contribution in [0.4, 0.5) is 0 Å². The van der Waals surface area contributed by atoms with E-state index >= 15 is 0 Å². The molecule has 1 aliphatic carbocycles. The summed E-state index contributed by atoms with van der Waals surface area (Å²) < 4.78 is 4.32. The van der Waals surface area contributed by atoms with Gasteiger partial charge >= 0.3 is 7.32 Å². The highest BCUT2D eigenvalue weighted by Crippen LogP contribution is 2.29. The Morgan fingerprint density at radius 2 is 2.11 bits per heavy atom. The van der Waals surface area contributed by atoms with Gasteiger partial charge in [0.2, 0.25) is 0 Å². The molecule has 4 heteroatoms. The van der Waals surface area contributed by atoms with Crippen molar-refractivity contribution in [1.82, 2.24) is 0 Å². The molecule has 1 fully saturated rings. The van der Waals surface area contributed by atoms with Gasteiger partial charge in [0, 0.05) is 0 Å². The molecule has 0 aromatic rings. The molecule has 1 saturated carbocycles. The van der Waals surface area contributed by atoms with Crippen LogP contribution in [0.2, 0.25) is 0 Å². The molecule has 0 aromatic heterocycles. The lowest BCUT2D eigenvalue weighted by Crippen LogP contribution is -2.12. The predicted octanol–water partition coefficient (Wildman–Crippen LogP) is -0.104. The number of hydrogen-bond acceptors (Lipinski definition) is 3. The Morgan fingerprint density at radius 1 is 1.44 bits per heavy atom. The zero-order chi connectivity index (χ0) is 6.69. The first-order valence-electron chi connectivity index (χ1n) is 2.97. The fourth-order valence-electron chi connectivity index (χ4n) is 0.515. The molecule has 0 amide bonds. The Hall–Kier alpha value is -0.475. The van der Waals surface area contributed by atoms with Crippen LogP contribution in [-0.2, 0) is 4.65 Å². The monoisotopic (exact) mass is 128 g/mol. The van der Waals surface area contributed by atoms with Crippen LogP contribution in [-0.4, -0.2) is 17.4 Å². The molecule has 0 unspecified atom stereocenters. The van der Waals surface area contributed by atoms with Gasteiger partial charge in [0.15, 0.2) is 0 Å². The number of rotatable bonds is 3. The molecule has 3 nitrogen and oxygen atoms in total. The zero-order valence-corrected chi connectivity index (χ0v) is 5.03. The molecule has 0 radical (unpaired) electrons. The molecular weight excluding hydrogens is 119 g/mol. The molecule has 0 bridgehead atoms. The van der Waals surface area contributed by atoms with Crippen LogP contribution >= 0.6 is 0 Å². The largest absolute Gasteiger partial charge is 0.707 e. The minimum atomic E-state index is -1.67. The van der Waals surface area contributed by atoms with E-state index in [0.29, 0.717) is 5.92 Å². The van der Waals surface area contributed by atoms with E-state index in [2.05, 4.69) is 4.65 Å². The van der Waals surface area contributed by atoms with Gasteiger partial charge in [-0.05, 0) is 24.8 Å². The fraction of sp³-hybridized carbons (Fsp3) is 0.600. The average molecular weight is 128 g/mol. The maximum absolute atomic E-state index is 8.17. The lowest BCUT2D eigenvalue weighted by atomic mass is 10.3. The summed E-state index contributed by atoms with van der Waals surface area (Å²) in [6.45, 7) is 0. The van der Waals surface area contributed by atoms with Crippen LogP contribution in [0, 0.1) is 5.92 Å². The van der Waals surface area contributed by atoms with Crippen molar-refractivity contribution in [3.63, 3.8) is 0 Å². The molecule has 50 valence electrons. The SMILES string of the molecule is OB(O)OC=CC1CC1. The molecule has 0 heterocycles. The first-order chi connectivity index (χ1) is 4.29. The summed E-state index contributed by atoms with van der Waals surface area (Å²) in [7, 11) is -1.67. The van der Waals surface area contributed by atoms with E-state index in [1.807, 2.05) is 6.08 Å². The highest BCUT2D eigenvalue weighted by Gasteiger charge is 2.17. The van der Waals surface area contributed by atoms with Crippen molar-refractivity contribution in [2.24, 2.45) is 5.92 Å². The van der Waals surface area contributed by atoms with E-state index in [9.17, 15) is 0 Å². The number of allylic oxidation sites excluding steroid dienone is 1. The first-order valence-corrected chi connectivity index (χ1v) is 2.97. The second-order valence-corrected chi connectivity index (χ2v) is 2.13. The van der Waals surface area contributed by atoms with Gasteiger partial charge in [-0.1, -0.05) is 0 Å². The van der Waals surface area contributed by atoms with Crippen LogP contribution in [0.5, 0.6) is 0 Å².